The van der Waals surface area contributed by atoms with Gasteiger partial charge in [0.05, 0.1) is 6.54 Å². The lowest BCUT2D eigenvalue weighted by atomic mass is 10.2. The lowest BCUT2D eigenvalue weighted by Crippen LogP contribution is -2.19. The molecule has 0 unspecified atom stereocenters. The van der Waals surface area contributed by atoms with E-state index in [-0.39, 0.29) is 0 Å². The molecule has 1 N–H and O–H groups in total. The molecule has 0 aromatic carbocycles. The summed E-state index contributed by atoms with van der Waals surface area (Å²) in [5.41, 5.74) is 0. The van der Waals surface area contributed by atoms with Gasteiger partial charge in [-0.25, -0.2) is 0 Å². The zero-order valence-corrected chi connectivity index (χ0v) is 12.4. The minimum atomic E-state index is 0.789. The van der Waals surface area contributed by atoms with Gasteiger partial charge in [0.2, 0.25) is 0 Å². The van der Waals surface area contributed by atoms with E-state index < -0.39 is 0 Å². The summed E-state index contributed by atoms with van der Waals surface area (Å²) in [5, 5.41) is 14.1. The fourth-order valence-electron chi connectivity index (χ4n) is 2.24. The number of fused-ring (bicyclic) bond motifs is 1. The number of nitrogens with one attached hydrogen (secondary N) is 1. The van der Waals surface area contributed by atoms with Gasteiger partial charge in [0.25, 0.3) is 0 Å². The highest BCUT2D eigenvalue weighted by Crippen LogP contribution is 2.22. The van der Waals surface area contributed by atoms with Crippen molar-refractivity contribution in [2.75, 3.05) is 0 Å². The summed E-state index contributed by atoms with van der Waals surface area (Å²) in [4.78, 5) is 1.33. The molecule has 2 aromatic rings. The molecular formula is C12H15BrN4S. The summed E-state index contributed by atoms with van der Waals surface area (Å²) in [5.74, 6) is 2.22. The van der Waals surface area contributed by atoms with Crippen molar-refractivity contribution >= 4 is 27.3 Å². The molecule has 0 radical (unpaired) electrons. The van der Waals surface area contributed by atoms with Gasteiger partial charge >= 0.3 is 0 Å². The number of aromatic nitrogens is 3. The number of hydrogen-bond acceptors (Lipinski definition) is 4. The Labute approximate surface area is 119 Å². The summed E-state index contributed by atoms with van der Waals surface area (Å²) in [7, 11) is 0. The second-order valence-electron chi connectivity index (χ2n) is 4.44. The fraction of sp³-hybridized carbons (Fsp3) is 0.500. The maximum Gasteiger partial charge on any atom is 0.147 e. The predicted molar refractivity (Wildman–Crippen MR) is 75.5 cm³/mol. The van der Waals surface area contributed by atoms with E-state index in [1.807, 2.05) is 0 Å². The Balaban J connectivity index is 1.60. The zero-order chi connectivity index (χ0) is 12.4. The molecule has 0 aliphatic carbocycles. The van der Waals surface area contributed by atoms with Crippen LogP contribution in [0.4, 0.5) is 0 Å². The van der Waals surface area contributed by atoms with Crippen LogP contribution in [0, 0.1) is 0 Å². The molecule has 4 nitrogen and oxygen atoms in total. The van der Waals surface area contributed by atoms with E-state index in [9.17, 15) is 0 Å². The van der Waals surface area contributed by atoms with Gasteiger partial charge in [0.1, 0.15) is 11.6 Å². The molecule has 0 fully saturated rings. The molecule has 96 valence electrons. The first-order chi connectivity index (χ1) is 8.84. The molecule has 2 aromatic heterocycles. The lowest BCUT2D eigenvalue weighted by molar-refractivity contribution is 0.497. The van der Waals surface area contributed by atoms with Gasteiger partial charge in [-0.05, 0) is 40.2 Å². The van der Waals surface area contributed by atoms with E-state index >= 15 is 0 Å². The standard InChI is InChI=1S/C12H15BrN4S/c13-9-4-6-18-10(9)7-14-8-12-16-15-11-3-1-2-5-17(11)12/h4,6,14H,1-3,5,7-8H2. The van der Waals surface area contributed by atoms with Crippen molar-refractivity contribution in [1.29, 1.82) is 0 Å². The van der Waals surface area contributed by atoms with Crippen LogP contribution in [-0.4, -0.2) is 14.8 Å². The highest BCUT2D eigenvalue weighted by Gasteiger charge is 2.15. The van der Waals surface area contributed by atoms with Crippen molar-refractivity contribution in [3.05, 3.63) is 32.4 Å². The van der Waals surface area contributed by atoms with Crippen LogP contribution in [-0.2, 0) is 26.1 Å². The number of hydrogen-bond donors (Lipinski definition) is 1. The van der Waals surface area contributed by atoms with Crippen molar-refractivity contribution in [1.82, 2.24) is 20.1 Å². The van der Waals surface area contributed by atoms with Crippen LogP contribution < -0.4 is 5.32 Å². The van der Waals surface area contributed by atoms with E-state index in [0.29, 0.717) is 0 Å². The molecule has 0 atom stereocenters. The van der Waals surface area contributed by atoms with E-state index in [4.69, 9.17) is 0 Å². The molecule has 0 saturated carbocycles. The normalized spacial score (nSPS) is 14.7. The third kappa shape index (κ3) is 2.50. The Morgan fingerprint density at radius 1 is 1.33 bits per heavy atom. The summed E-state index contributed by atoms with van der Waals surface area (Å²) in [6, 6.07) is 2.08. The zero-order valence-electron chi connectivity index (χ0n) is 10.0. The average molecular weight is 327 g/mol. The molecule has 3 rings (SSSR count). The van der Waals surface area contributed by atoms with Gasteiger partial charge < -0.3 is 9.88 Å². The van der Waals surface area contributed by atoms with Gasteiger partial charge in [-0.15, -0.1) is 21.5 Å². The lowest BCUT2D eigenvalue weighted by Gasteiger charge is -2.14. The Morgan fingerprint density at radius 2 is 2.28 bits per heavy atom. The molecule has 6 heteroatoms. The second kappa shape index (κ2) is 5.50. The maximum absolute atomic E-state index is 4.28. The number of aryl methyl sites for hydroxylation is 1. The van der Waals surface area contributed by atoms with Crippen LogP contribution in [0.3, 0.4) is 0 Å². The summed E-state index contributed by atoms with van der Waals surface area (Å²) in [6.07, 6.45) is 3.56. The van der Waals surface area contributed by atoms with Gasteiger partial charge in [0.15, 0.2) is 0 Å². The summed E-state index contributed by atoms with van der Waals surface area (Å²) in [6.45, 7) is 2.74. The van der Waals surface area contributed by atoms with Crippen LogP contribution in [0.5, 0.6) is 0 Å². The molecule has 1 aliphatic rings. The van der Waals surface area contributed by atoms with Crippen LogP contribution >= 0.6 is 27.3 Å². The van der Waals surface area contributed by atoms with E-state index in [2.05, 4.69) is 47.5 Å². The van der Waals surface area contributed by atoms with Crippen molar-refractivity contribution in [2.45, 2.75) is 38.9 Å². The first-order valence-corrected chi connectivity index (χ1v) is 7.85. The topological polar surface area (TPSA) is 42.7 Å². The average Bonchev–Trinajstić information content (AvgIpc) is 2.97. The minimum absolute atomic E-state index is 0.789. The molecule has 0 amide bonds. The quantitative estimate of drug-likeness (QED) is 0.939. The Hall–Kier alpha value is -0.720. The Kier molecular flexibility index (Phi) is 3.77. The number of halogens is 1. The van der Waals surface area contributed by atoms with Gasteiger partial charge in [-0.1, -0.05) is 0 Å². The van der Waals surface area contributed by atoms with Crippen LogP contribution in [0.1, 0.15) is 29.4 Å². The van der Waals surface area contributed by atoms with Crippen LogP contribution in [0.25, 0.3) is 0 Å². The highest BCUT2D eigenvalue weighted by molar-refractivity contribution is 9.10. The van der Waals surface area contributed by atoms with Crippen LogP contribution in [0.2, 0.25) is 0 Å². The molecule has 3 heterocycles. The molecule has 0 saturated heterocycles. The largest absolute Gasteiger partial charge is 0.314 e. The van der Waals surface area contributed by atoms with Gasteiger partial charge in [0, 0.05) is 28.9 Å². The molecule has 0 bridgehead atoms. The third-order valence-corrected chi connectivity index (χ3v) is 5.12. The molecule has 1 aliphatic heterocycles. The first kappa shape index (κ1) is 12.3. The maximum atomic E-state index is 4.28. The fourth-order valence-corrected chi connectivity index (χ4v) is 3.70. The predicted octanol–water partition coefficient (Wildman–Crippen LogP) is 2.73. The smallest absolute Gasteiger partial charge is 0.147 e. The van der Waals surface area contributed by atoms with Crippen molar-refractivity contribution in [3.63, 3.8) is 0 Å². The van der Waals surface area contributed by atoms with E-state index in [0.717, 1.165) is 37.7 Å². The Bertz CT molecular complexity index is 534. The number of nitrogens with zero attached hydrogens (tertiary/aromatic N) is 3. The highest BCUT2D eigenvalue weighted by atomic mass is 79.9. The van der Waals surface area contributed by atoms with Crippen molar-refractivity contribution in [3.8, 4) is 0 Å². The number of thiophene rings is 1. The van der Waals surface area contributed by atoms with E-state index in [1.165, 1.54) is 22.2 Å². The van der Waals surface area contributed by atoms with Gasteiger partial charge in [-0.2, -0.15) is 0 Å². The van der Waals surface area contributed by atoms with Gasteiger partial charge in [-0.3, -0.25) is 0 Å². The Morgan fingerprint density at radius 3 is 3.11 bits per heavy atom. The van der Waals surface area contributed by atoms with Crippen molar-refractivity contribution in [2.24, 2.45) is 0 Å². The summed E-state index contributed by atoms with van der Waals surface area (Å²) < 4.78 is 3.45. The second-order valence-corrected chi connectivity index (χ2v) is 6.29. The molecule has 0 spiro atoms. The van der Waals surface area contributed by atoms with Crippen molar-refractivity contribution < 1.29 is 0 Å². The monoisotopic (exact) mass is 326 g/mol. The molecular weight excluding hydrogens is 312 g/mol. The summed E-state index contributed by atoms with van der Waals surface area (Å²) >= 11 is 5.31. The van der Waals surface area contributed by atoms with E-state index in [1.54, 1.807) is 11.3 Å². The minimum Gasteiger partial charge on any atom is -0.314 e. The molecule has 18 heavy (non-hydrogen) atoms. The number of rotatable bonds is 4. The first-order valence-electron chi connectivity index (χ1n) is 6.18. The van der Waals surface area contributed by atoms with Crippen LogP contribution in [0.15, 0.2) is 15.9 Å². The third-order valence-electron chi connectivity index (χ3n) is 3.20. The SMILES string of the molecule is Brc1ccsc1CNCc1nnc2n1CCCC2.